The molecular weight excluding hydrogens is 298 g/mol. The fourth-order valence-corrected chi connectivity index (χ4v) is 2.75. The average Bonchev–Trinajstić information content (AvgIpc) is 3.09. The van der Waals surface area contributed by atoms with Crippen molar-refractivity contribution in [2.75, 3.05) is 5.32 Å². The van der Waals surface area contributed by atoms with Gasteiger partial charge in [0, 0.05) is 12.3 Å². The Bertz CT molecular complexity index is 781. The van der Waals surface area contributed by atoms with Crippen LogP contribution in [-0.2, 0) is 4.79 Å². The first-order valence-electron chi connectivity index (χ1n) is 8.25. The van der Waals surface area contributed by atoms with Crippen molar-refractivity contribution in [3.05, 3.63) is 78.5 Å². The van der Waals surface area contributed by atoms with E-state index in [4.69, 9.17) is 0 Å². The van der Waals surface area contributed by atoms with E-state index in [-0.39, 0.29) is 11.8 Å². The van der Waals surface area contributed by atoms with Gasteiger partial charge in [0.05, 0.1) is 11.6 Å². The van der Waals surface area contributed by atoms with Crippen LogP contribution in [0.2, 0.25) is 0 Å². The molecule has 1 unspecified atom stereocenters. The summed E-state index contributed by atoms with van der Waals surface area (Å²) < 4.78 is 1.76. The lowest BCUT2D eigenvalue weighted by atomic mass is 9.94. The van der Waals surface area contributed by atoms with Crippen LogP contribution in [0.1, 0.15) is 31.2 Å². The predicted octanol–water partition coefficient (Wildman–Crippen LogP) is 4.39. The number of hydrogen-bond acceptors (Lipinski definition) is 2. The van der Waals surface area contributed by atoms with E-state index in [0.717, 1.165) is 24.1 Å². The number of aromatic nitrogens is 2. The van der Waals surface area contributed by atoms with Crippen molar-refractivity contribution in [1.82, 2.24) is 9.78 Å². The molecule has 0 aliphatic rings. The van der Waals surface area contributed by atoms with Gasteiger partial charge in [-0.3, -0.25) is 4.79 Å². The van der Waals surface area contributed by atoms with Gasteiger partial charge in [-0.2, -0.15) is 5.10 Å². The highest BCUT2D eigenvalue weighted by atomic mass is 16.2. The van der Waals surface area contributed by atoms with E-state index in [1.807, 2.05) is 72.9 Å². The number of amides is 1. The van der Waals surface area contributed by atoms with Crippen LogP contribution in [0.15, 0.2) is 72.9 Å². The maximum absolute atomic E-state index is 12.7. The third kappa shape index (κ3) is 3.71. The number of para-hydroxylation sites is 1. The molecule has 1 amide bonds. The number of benzene rings is 2. The zero-order valence-corrected chi connectivity index (χ0v) is 13.7. The minimum Gasteiger partial charge on any atom is -0.309 e. The van der Waals surface area contributed by atoms with Crippen molar-refractivity contribution in [2.24, 2.45) is 0 Å². The van der Waals surface area contributed by atoms with Crippen LogP contribution in [0, 0.1) is 0 Å². The van der Waals surface area contributed by atoms with Gasteiger partial charge in [-0.1, -0.05) is 61.9 Å². The highest BCUT2D eigenvalue weighted by Gasteiger charge is 2.20. The second-order valence-electron chi connectivity index (χ2n) is 5.72. The first-order valence-corrected chi connectivity index (χ1v) is 8.25. The molecule has 0 aliphatic heterocycles. The maximum atomic E-state index is 12.7. The number of carbonyl (C=O) groups excluding carboxylic acids is 1. The fraction of sp³-hybridized carbons (Fsp3) is 0.200. The lowest BCUT2D eigenvalue weighted by Gasteiger charge is -2.15. The van der Waals surface area contributed by atoms with Crippen molar-refractivity contribution < 1.29 is 4.79 Å². The van der Waals surface area contributed by atoms with Crippen molar-refractivity contribution in [2.45, 2.75) is 25.7 Å². The number of nitrogens with zero attached hydrogens (tertiary/aromatic N) is 2. The smallest absolute Gasteiger partial charge is 0.233 e. The first kappa shape index (κ1) is 16.0. The highest BCUT2D eigenvalue weighted by Crippen LogP contribution is 2.23. The molecule has 0 bridgehead atoms. The van der Waals surface area contributed by atoms with E-state index in [0.29, 0.717) is 5.82 Å². The van der Waals surface area contributed by atoms with Crippen LogP contribution in [0.25, 0.3) is 5.69 Å². The molecule has 2 aromatic carbocycles. The van der Waals surface area contributed by atoms with E-state index < -0.39 is 0 Å². The molecule has 0 saturated heterocycles. The summed E-state index contributed by atoms with van der Waals surface area (Å²) in [7, 11) is 0. The molecule has 3 rings (SSSR count). The molecule has 3 aromatic rings. The molecule has 1 heterocycles. The van der Waals surface area contributed by atoms with Gasteiger partial charge in [0.1, 0.15) is 0 Å². The molecule has 1 aromatic heterocycles. The van der Waals surface area contributed by atoms with Crippen molar-refractivity contribution in [3.63, 3.8) is 0 Å². The van der Waals surface area contributed by atoms with E-state index in [1.54, 1.807) is 4.68 Å². The van der Waals surface area contributed by atoms with Crippen molar-refractivity contribution >= 4 is 11.7 Å². The van der Waals surface area contributed by atoms with Gasteiger partial charge in [-0.05, 0) is 24.1 Å². The minimum absolute atomic E-state index is 0.0126. The predicted molar refractivity (Wildman–Crippen MR) is 96.3 cm³/mol. The number of nitrogens with one attached hydrogen (secondary N) is 1. The molecule has 24 heavy (non-hydrogen) atoms. The largest absolute Gasteiger partial charge is 0.309 e. The zero-order valence-electron chi connectivity index (χ0n) is 13.7. The summed E-state index contributed by atoms with van der Waals surface area (Å²) in [5.41, 5.74) is 2.01. The van der Waals surface area contributed by atoms with Gasteiger partial charge in [0.25, 0.3) is 0 Å². The van der Waals surface area contributed by atoms with Gasteiger partial charge in [-0.25, -0.2) is 4.68 Å². The van der Waals surface area contributed by atoms with E-state index in [1.165, 1.54) is 0 Å². The molecule has 0 aliphatic carbocycles. The van der Waals surface area contributed by atoms with Gasteiger partial charge in [0.2, 0.25) is 5.91 Å². The second-order valence-corrected chi connectivity index (χ2v) is 5.72. The third-order valence-electron chi connectivity index (χ3n) is 3.96. The van der Waals surface area contributed by atoms with Gasteiger partial charge < -0.3 is 5.32 Å². The second kappa shape index (κ2) is 7.59. The molecule has 122 valence electrons. The number of rotatable bonds is 6. The zero-order chi connectivity index (χ0) is 16.8. The summed E-state index contributed by atoms with van der Waals surface area (Å²) in [5, 5.41) is 7.39. The summed E-state index contributed by atoms with van der Waals surface area (Å²) in [5.74, 6) is 0.403. The topological polar surface area (TPSA) is 46.9 Å². The Hall–Kier alpha value is -2.88. The van der Waals surface area contributed by atoms with E-state index in [2.05, 4.69) is 17.3 Å². The lowest BCUT2D eigenvalue weighted by molar-refractivity contribution is -0.117. The van der Waals surface area contributed by atoms with Crippen molar-refractivity contribution in [3.8, 4) is 5.69 Å². The third-order valence-corrected chi connectivity index (χ3v) is 3.96. The molecule has 1 N–H and O–H groups in total. The molecule has 0 fully saturated rings. The molecule has 0 saturated carbocycles. The van der Waals surface area contributed by atoms with Gasteiger partial charge in [-0.15, -0.1) is 0 Å². The van der Waals surface area contributed by atoms with Gasteiger partial charge in [0.15, 0.2) is 5.82 Å². The molecule has 4 heteroatoms. The lowest BCUT2D eigenvalue weighted by Crippen LogP contribution is -2.21. The molecule has 1 atom stereocenters. The standard InChI is InChI=1S/C20H21N3O/c1-2-9-18(16-10-5-3-6-11-16)20(24)21-19-14-15-23(22-19)17-12-7-4-8-13-17/h3-8,10-15,18H,2,9H2,1H3,(H,21,22,24). The quantitative estimate of drug-likeness (QED) is 0.732. The minimum atomic E-state index is -0.155. The Morgan fingerprint density at radius 1 is 1.04 bits per heavy atom. The van der Waals surface area contributed by atoms with Crippen LogP contribution in [-0.4, -0.2) is 15.7 Å². The summed E-state index contributed by atoms with van der Waals surface area (Å²) in [4.78, 5) is 12.7. The summed E-state index contributed by atoms with van der Waals surface area (Å²) in [6.07, 6.45) is 3.61. The molecule has 4 nitrogen and oxygen atoms in total. The normalized spacial score (nSPS) is 11.9. The van der Waals surface area contributed by atoms with E-state index >= 15 is 0 Å². The average molecular weight is 319 g/mol. The maximum Gasteiger partial charge on any atom is 0.233 e. The van der Waals surface area contributed by atoms with Crippen LogP contribution in [0.4, 0.5) is 5.82 Å². The molecule has 0 radical (unpaired) electrons. The van der Waals surface area contributed by atoms with Crippen molar-refractivity contribution in [1.29, 1.82) is 0 Å². The van der Waals surface area contributed by atoms with Crippen LogP contribution < -0.4 is 5.32 Å². The SMILES string of the molecule is CCCC(C(=O)Nc1ccn(-c2ccccc2)n1)c1ccccc1. The number of anilines is 1. The Balaban J connectivity index is 1.75. The molecular formula is C20H21N3O. The summed E-state index contributed by atoms with van der Waals surface area (Å²) >= 11 is 0. The monoisotopic (exact) mass is 319 g/mol. The van der Waals surface area contributed by atoms with Crippen LogP contribution >= 0.6 is 0 Å². The van der Waals surface area contributed by atoms with Gasteiger partial charge >= 0.3 is 0 Å². The Morgan fingerprint density at radius 2 is 1.71 bits per heavy atom. The van der Waals surface area contributed by atoms with Crippen LogP contribution in [0.5, 0.6) is 0 Å². The first-order chi connectivity index (χ1) is 11.8. The summed E-state index contributed by atoms with van der Waals surface area (Å²) in [6.45, 7) is 2.09. The Morgan fingerprint density at radius 3 is 2.38 bits per heavy atom. The molecule has 0 spiro atoms. The van der Waals surface area contributed by atoms with Crippen LogP contribution in [0.3, 0.4) is 0 Å². The number of carbonyl (C=O) groups is 1. The van der Waals surface area contributed by atoms with E-state index in [9.17, 15) is 4.79 Å². The fourth-order valence-electron chi connectivity index (χ4n) is 2.75. The highest BCUT2D eigenvalue weighted by molar-refractivity contribution is 5.95. The Kier molecular flexibility index (Phi) is 5.06. The summed E-state index contributed by atoms with van der Waals surface area (Å²) in [6, 6.07) is 21.6. The Labute approximate surface area is 142 Å². The number of hydrogen-bond donors (Lipinski definition) is 1.